The summed E-state index contributed by atoms with van der Waals surface area (Å²) >= 11 is 0. The molecule has 1 spiro atoms. The molecule has 3 saturated heterocycles. The first kappa shape index (κ1) is 16.0. The topological polar surface area (TPSA) is 74.2 Å². The molecule has 5 rings (SSSR count). The molecule has 4 atom stereocenters. The van der Waals surface area contributed by atoms with E-state index in [9.17, 15) is 4.79 Å². The Bertz CT molecular complexity index is 617. The molecule has 0 amide bonds. The molecule has 1 aliphatic carbocycles. The molecule has 2 bridgehead atoms. The fourth-order valence-corrected chi connectivity index (χ4v) is 4.33. The molecule has 24 heavy (non-hydrogen) atoms. The van der Waals surface area contributed by atoms with Crippen molar-refractivity contribution in [1.82, 2.24) is 0 Å². The number of ether oxygens (including phenoxy) is 2. The highest BCUT2D eigenvalue weighted by Crippen LogP contribution is 2.54. The number of benzene rings is 1. The molecule has 1 N–H and O–H groups in total. The number of fused-ring (bicyclic) bond motifs is 3. The average Bonchev–Trinajstić information content (AvgIpc) is 2.86. The molecular formula is C18H22O6. The molecule has 1 aromatic carbocycles. The van der Waals surface area contributed by atoms with Crippen molar-refractivity contribution in [1.29, 1.82) is 0 Å². The van der Waals surface area contributed by atoms with E-state index < -0.39 is 18.0 Å². The van der Waals surface area contributed by atoms with Gasteiger partial charge in [0.1, 0.15) is 5.60 Å². The van der Waals surface area contributed by atoms with Crippen LogP contribution >= 0.6 is 0 Å². The lowest BCUT2D eigenvalue weighted by molar-refractivity contribution is -0.490. The first-order valence-electron chi connectivity index (χ1n) is 8.50. The van der Waals surface area contributed by atoms with Gasteiger partial charge in [-0.15, -0.1) is 0 Å². The van der Waals surface area contributed by atoms with Gasteiger partial charge in [-0.05, 0) is 31.4 Å². The summed E-state index contributed by atoms with van der Waals surface area (Å²) in [6, 6.07) is 6.57. The Morgan fingerprint density at radius 3 is 2.58 bits per heavy atom. The molecule has 4 fully saturated rings. The van der Waals surface area contributed by atoms with E-state index in [1.807, 2.05) is 0 Å². The van der Waals surface area contributed by atoms with Gasteiger partial charge in [0.15, 0.2) is 6.29 Å². The summed E-state index contributed by atoms with van der Waals surface area (Å²) in [4.78, 5) is 22.8. The van der Waals surface area contributed by atoms with Crippen LogP contribution in [0, 0.1) is 5.92 Å². The van der Waals surface area contributed by atoms with E-state index in [1.54, 1.807) is 31.4 Å². The van der Waals surface area contributed by atoms with E-state index in [2.05, 4.69) is 0 Å². The maximum absolute atomic E-state index is 11.1. The van der Waals surface area contributed by atoms with Gasteiger partial charge in [0, 0.05) is 25.0 Å². The highest BCUT2D eigenvalue weighted by atomic mass is 17.2. The maximum atomic E-state index is 11.1. The van der Waals surface area contributed by atoms with Gasteiger partial charge >= 0.3 is 5.97 Å². The predicted octanol–water partition coefficient (Wildman–Crippen LogP) is 3.21. The van der Waals surface area contributed by atoms with E-state index in [0.717, 1.165) is 37.7 Å². The smallest absolute Gasteiger partial charge is 0.335 e. The number of methoxy groups -OCH3 is 1. The van der Waals surface area contributed by atoms with Gasteiger partial charge in [-0.1, -0.05) is 25.0 Å². The number of rotatable bonds is 3. The van der Waals surface area contributed by atoms with E-state index >= 15 is 0 Å². The minimum absolute atomic E-state index is 0.152. The lowest BCUT2D eigenvalue weighted by atomic mass is 9.72. The standard InChI is InChI=1S/C18H22O6/c1-21-16-14-4-2-3-9-17(14)10-11-18(22-16,24-23-17)13-7-5-12(6-8-13)15(19)20/h5-8,14,16H,2-4,9-11H2,1H3,(H,19,20). The summed E-state index contributed by atoms with van der Waals surface area (Å²) in [5, 5.41) is 9.07. The molecule has 130 valence electrons. The highest BCUT2D eigenvalue weighted by Gasteiger charge is 2.59. The monoisotopic (exact) mass is 334 g/mol. The molecule has 4 unspecified atom stereocenters. The summed E-state index contributed by atoms with van der Waals surface area (Å²) in [5.74, 6) is -1.85. The van der Waals surface area contributed by atoms with Crippen molar-refractivity contribution in [3.05, 3.63) is 35.4 Å². The van der Waals surface area contributed by atoms with Crippen molar-refractivity contribution in [2.24, 2.45) is 5.92 Å². The van der Waals surface area contributed by atoms with Crippen molar-refractivity contribution in [2.75, 3.05) is 7.11 Å². The molecule has 0 aromatic heterocycles. The van der Waals surface area contributed by atoms with E-state index in [-0.39, 0.29) is 17.1 Å². The average molecular weight is 334 g/mol. The second-order valence-electron chi connectivity index (χ2n) is 6.94. The normalized spacial score (nSPS) is 38.4. The number of carboxylic acids is 1. The summed E-state index contributed by atoms with van der Waals surface area (Å²) in [5.41, 5.74) is 0.650. The molecule has 3 aliphatic heterocycles. The Kier molecular flexibility index (Phi) is 3.88. The second-order valence-corrected chi connectivity index (χ2v) is 6.94. The van der Waals surface area contributed by atoms with Crippen LogP contribution in [-0.2, 0) is 25.0 Å². The zero-order valence-electron chi connectivity index (χ0n) is 13.7. The lowest BCUT2D eigenvalue weighted by Crippen LogP contribution is -2.49. The second kappa shape index (κ2) is 5.81. The van der Waals surface area contributed by atoms with Crippen LogP contribution in [0.2, 0.25) is 0 Å². The summed E-state index contributed by atoms with van der Waals surface area (Å²) in [6.07, 6.45) is 5.32. The van der Waals surface area contributed by atoms with Gasteiger partial charge in [0.25, 0.3) is 0 Å². The molecule has 1 aromatic rings. The number of aromatic carboxylic acids is 1. The molecule has 6 heteroatoms. The van der Waals surface area contributed by atoms with Crippen molar-refractivity contribution >= 4 is 5.97 Å². The predicted molar refractivity (Wildman–Crippen MR) is 83.1 cm³/mol. The van der Waals surface area contributed by atoms with Crippen LogP contribution in [0.4, 0.5) is 0 Å². The van der Waals surface area contributed by atoms with Crippen molar-refractivity contribution in [3.8, 4) is 0 Å². The number of hydrogen-bond donors (Lipinski definition) is 1. The van der Waals surface area contributed by atoms with Gasteiger partial charge in [-0.25, -0.2) is 9.68 Å². The van der Waals surface area contributed by atoms with Gasteiger partial charge in [0.2, 0.25) is 5.79 Å². The molecule has 4 aliphatic rings. The zero-order chi connectivity index (χ0) is 16.8. The fraction of sp³-hybridized carbons (Fsp3) is 0.611. The van der Waals surface area contributed by atoms with E-state index in [4.69, 9.17) is 24.4 Å². The minimum Gasteiger partial charge on any atom is -0.478 e. The largest absolute Gasteiger partial charge is 0.478 e. The van der Waals surface area contributed by atoms with Crippen LogP contribution in [0.3, 0.4) is 0 Å². The van der Waals surface area contributed by atoms with Crippen molar-refractivity contribution in [2.45, 2.75) is 56.2 Å². The molecular weight excluding hydrogens is 312 g/mol. The van der Waals surface area contributed by atoms with E-state index in [0.29, 0.717) is 6.42 Å². The van der Waals surface area contributed by atoms with Gasteiger partial charge in [-0.2, -0.15) is 4.89 Å². The Morgan fingerprint density at radius 1 is 1.17 bits per heavy atom. The first-order chi connectivity index (χ1) is 11.6. The minimum atomic E-state index is -1.04. The highest BCUT2D eigenvalue weighted by molar-refractivity contribution is 5.87. The van der Waals surface area contributed by atoms with Crippen LogP contribution in [0.1, 0.15) is 54.4 Å². The van der Waals surface area contributed by atoms with Crippen LogP contribution in [0.15, 0.2) is 24.3 Å². The maximum Gasteiger partial charge on any atom is 0.335 e. The Morgan fingerprint density at radius 2 is 1.96 bits per heavy atom. The fourth-order valence-electron chi connectivity index (χ4n) is 4.33. The van der Waals surface area contributed by atoms with Crippen molar-refractivity contribution < 1.29 is 29.1 Å². The summed E-state index contributed by atoms with van der Waals surface area (Å²) in [7, 11) is 1.65. The number of hydrogen-bond acceptors (Lipinski definition) is 5. The third-order valence-corrected chi connectivity index (χ3v) is 5.70. The van der Waals surface area contributed by atoms with E-state index in [1.165, 1.54) is 0 Å². The third-order valence-electron chi connectivity index (χ3n) is 5.70. The van der Waals surface area contributed by atoms with Gasteiger partial charge < -0.3 is 14.6 Å². The Labute approximate surface area is 140 Å². The van der Waals surface area contributed by atoms with Gasteiger partial charge in [0.05, 0.1) is 5.56 Å². The number of carbonyl (C=O) groups is 1. The number of carboxylic acid groups (broad SMARTS) is 1. The third kappa shape index (κ3) is 2.37. The van der Waals surface area contributed by atoms with Crippen LogP contribution < -0.4 is 0 Å². The SMILES string of the molecule is COC1OC2(c3ccc(C(=O)O)cc3)CCC3(CCCCC13)OO2. The molecule has 3 heterocycles. The first-order valence-corrected chi connectivity index (χ1v) is 8.50. The van der Waals surface area contributed by atoms with Crippen LogP contribution in [0.25, 0.3) is 0 Å². The quantitative estimate of drug-likeness (QED) is 0.856. The van der Waals surface area contributed by atoms with Gasteiger partial charge in [-0.3, -0.25) is 0 Å². The molecule has 0 radical (unpaired) electrons. The summed E-state index contributed by atoms with van der Waals surface area (Å²) < 4.78 is 11.9. The Hall–Kier alpha value is -1.47. The summed E-state index contributed by atoms with van der Waals surface area (Å²) in [6.45, 7) is 0. The van der Waals surface area contributed by atoms with Crippen molar-refractivity contribution in [3.63, 3.8) is 0 Å². The lowest BCUT2D eigenvalue weighted by Gasteiger charge is -2.44. The molecule has 6 nitrogen and oxygen atoms in total. The van der Waals surface area contributed by atoms with Crippen LogP contribution in [-0.4, -0.2) is 30.1 Å². The Balaban J connectivity index is 1.69. The van der Waals surface area contributed by atoms with Crippen LogP contribution in [0.5, 0.6) is 0 Å². The molecule has 1 saturated carbocycles. The zero-order valence-corrected chi connectivity index (χ0v) is 13.7.